The number of morpholine rings is 1. The first-order valence-electron chi connectivity index (χ1n) is 13.0. The Morgan fingerprint density at radius 3 is 2.68 bits per heavy atom. The highest BCUT2D eigenvalue weighted by Crippen LogP contribution is 2.37. The van der Waals surface area contributed by atoms with Crippen molar-refractivity contribution in [2.24, 2.45) is 11.7 Å². The summed E-state index contributed by atoms with van der Waals surface area (Å²) in [6.45, 7) is 1.35. The van der Waals surface area contributed by atoms with Gasteiger partial charge in [-0.15, -0.1) is 0 Å². The van der Waals surface area contributed by atoms with E-state index in [4.69, 9.17) is 26.8 Å². The maximum absolute atomic E-state index is 14.0. The van der Waals surface area contributed by atoms with Crippen LogP contribution in [0.25, 0.3) is 10.9 Å². The van der Waals surface area contributed by atoms with Crippen molar-refractivity contribution in [3.8, 4) is 5.75 Å². The van der Waals surface area contributed by atoms with Crippen LogP contribution in [0, 0.1) is 5.92 Å². The summed E-state index contributed by atoms with van der Waals surface area (Å²) >= 11 is 6.45. The van der Waals surface area contributed by atoms with Gasteiger partial charge in [-0.3, -0.25) is 4.79 Å². The molecule has 1 atom stereocenters. The van der Waals surface area contributed by atoms with Gasteiger partial charge in [0.2, 0.25) is 10.0 Å². The van der Waals surface area contributed by atoms with Crippen LogP contribution >= 0.6 is 11.6 Å². The number of sulfonamides is 1. The summed E-state index contributed by atoms with van der Waals surface area (Å²) in [6.07, 6.45) is 5.52. The largest absolute Gasteiger partial charge is 0.491 e. The lowest BCUT2D eigenvalue weighted by molar-refractivity contribution is -0.0249. The van der Waals surface area contributed by atoms with Gasteiger partial charge in [-0.1, -0.05) is 49.1 Å². The molecule has 0 spiro atoms. The number of anilines is 1. The van der Waals surface area contributed by atoms with E-state index in [0.29, 0.717) is 33.3 Å². The summed E-state index contributed by atoms with van der Waals surface area (Å²) in [5.74, 6) is 0.355. The molecule has 1 aromatic heterocycles. The monoisotopic (exact) mass is 560 g/mol. The van der Waals surface area contributed by atoms with Crippen molar-refractivity contribution in [3.63, 3.8) is 0 Å². The minimum atomic E-state index is -4.13. The zero-order valence-electron chi connectivity index (χ0n) is 21.1. The van der Waals surface area contributed by atoms with Gasteiger partial charge in [0.15, 0.2) is 0 Å². The van der Waals surface area contributed by atoms with Crippen LogP contribution < -0.4 is 15.8 Å². The zero-order valence-corrected chi connectivity index (χ0v) is 22.7. The van der Waals surface area contributed by atoms with Gasteiger partial charge in [-0.2, -0.15) is 4.31 Å². The molecule has 11 heteroatoms. The second kappa shape index (κ2) is 11.5. The lowest BCUT2D eigenvalue weighted by Gasteiger charge is -2.32. The number of amides is 1. The number of aromatic nitrogens is 1. The molecule has 9 nitrogen and oxygen atoms in total. The zero-order chi connectivity index (χ0) is 26.7. The van der Waals surface area contributed by atoms with Gasteiger partial charge in [-0.05, 0) is 43.0 Å². The van der Waals surface area contributed by atoms with Gasteiger partial charge < -0.3 is 25.5 Å². The molecule has 0 bridgehead atoms. The van der Waals surface area contributed by atoms with E-state index in [1.165, 1.54) is 23.6 Å². The summed E-state index contributed by atoms with van der Waals surface area (Å²) in [5.41, 5.74) is 6.66. The number of rotatable bonds is 9. The van der Waals surface area contributed by atoms with Gasteiger partial charge in [0.1, 0.15) is 29.0 Å². The number of fused-ring (bicyclic) bond motifs is 1. The molecule has 1 saturated carbocycles. The van der Waals surface area contributed by atoms with Gasteiger partial charge in [0.05, 0.1) is 17.8 Å². The van der Waals surface area contributed by atoms with E-state index < -0.39 is 22.0 Å². The highest BCUT2D eigenvalue weighted by molar-refractivity contribution is 7.89. The molecule has 5 rings (SSSR count). The van der Waals surface area contributed by atoms with Crippen molar-refractivity contribution in [1.82, 2.24) is 9.29 Å². The lowest BCUT2D eigenvalue weighted by Crippen LogP contribution is -2.47. The molecule has 2 heterocycles. The molecule has 1 unspecified atom stereocenters. The fourth-order valence-corrected chi connectivity index (χ4v) is 7.31. The highest BCUT2D eigenvalue weighted by Gasteiger charge is 2.36. The molecule has 0 radical (unpaired) electrons. The Labute approximate surface area is 227 Å². The van der Waals surface area contributed by atoms with Crippen LogP contribution in [-0.4, -0.2) is 62.6 Å². The molecule has 1 amide bonds. The number of carbonyl (C=O) groups is 1. The number of ether oxygens (including phenoxy) is 2. The van der Waals surface area contributed by atoms with Crippen molar-refractivity contribution in [2.75, 3.05) is 38.2 Å². The Kier molecular flexibility index (Phi) is 8.13. The Hall–Kier alpha value is -2.79. The van der Waals surface area contributed by atoms with E-state index in [9.17, 15) is 13.2 Å². The Morgan fingerprint density at radius 2 is 1.95 bits per heavy atom. The van der Waals surface area contributed by atoms with Gasteiger partial charge in [-0.25, -0.2) is 8.42 Å². The van der Waals surface area contributed by atoms with Crippen LogP contribution in [0.15, 0.2) is 47.4 Å². The number of nitrogens with one attached hydrogen (secondary N) is 2. The third-order valence-corrected chi connectivity index (χ3v) is 9.43. The maximum atomic E-state index is 14.0. The predicted molar refractivity (Wildman–Crippen MR) is 147 cm³/mol. The van der Waals surface area contributed by atoms with Gasteiger partial charge in [0, 0.05) is 30.0 Å². The molecule has 1 aliphatic carbocycles. The van der Waals surface area contributed by atoms with E-state index in [1.54, 1.807) is 12.1 Å². The number of hydrogen-bond acceptors (Lipinski definition) is 6. The summed E-state index contributed by atoms with van der Waals surface area (Å²) in [7, 11) is -4.13. The van der Waals surface area contributed by atoms with Crippen molar-refractivity contribution >= 4 is 44.1 Å². The topological polar surface area (TPSA) is 127 Å². The van der Waals surface area contributed by atoms with Gasteiger partial charge in [0.25, 0.3) is 5.91 Å². The minimum Gasteiger partial charge on any atom is -0.491 e. The maximum Gasteiger partial charge on any atom is 0.266 e. The molecule has 3 aromatic rings. The van der Waals surface area contributed by atoms with Crippen LogP contribution in [0.3, 0.4) is 0 Å². The summed E-state index contributed by atoms with van der Waals surface area (Å²) in [5, 5.41) is 4.14. The molecular weight excluding hydrogens is 528 g/mol. The number of aromatic amines is 1. The average Bonchev–Trinajstić information content (AvgIpc) is 3.33. The normalized spacial score (nSPS) is 19.4. The highest BCUT2D eigenvalue weighted by atomic mass is 35.5. The van der Waals surface area contributed by atoms with Crippen molar-refractivity contribution in [2.45, 2.75) is 43.1 Å². The average molecular weight is 561 g/mol. The Morgan fingerprint density at radius 1 is 1.18 bits per heavy atom. The van der Waals surface area contributed by atoms with Crippen molar-refractivity contribution < 1.29 is 22.7 Å². The molecule has 2 aliphatic rings. The fourth-order valence-electron chi connectivity index (χ4n) is 5.31. The second-order valence-electron chi connectivity index (χ2n) is 9.93. The van der Waals surface area contributed by atoms with E-state index in [-0.39, 0.29) is 36.9 Å². The predicted octanol–water partition coefficient (Wildman–Crippen LogP) is 4.38. The van der Waals surface area contributed by atoms with Crippen molar-refractivity contribution in [1.29, 1.82) is 0 Å². The summed E-state index contributed by atoms with van der Waals surface area (Å²) < 4.78 is 40.8. The summed E-state index contributed by atoms with van der Waals surface area (Å²) in [6, 6.07) is 12.6. The van der Waals surface area contributed by atoms with Crippen molar-refractivity contribution in [3.05, 3.63) is 53.2 Å². The van der Waals surface area contributed by atoms with Crippen LogP contribution in [0.4, 0.5) is 5.69 Å². The lowest BCUT2D eigenvalue weighted by atomic mass is 9.89. The van der Waals surface area contributed by atoms with Crippen LogP contribution in [0.1, 0.15) is 42.6 Å². The minimum absolute atomic E-state index is 0.0768. The van der Waals surface area contributed by atoms with Crippen LogP contribution in [0.2, 0.25) is 5.02 Å². The number of carbonyl (C=O) groups excluding carboxylic acids is 1. The Balaban J connectivity index is 1.43. The Bertz CT molecular complexity index is 1390. The van der Waals surface area contributed by atoms with E-state index in [1.807, 2.05) is 30.3 Å². The number of primary amides is 1. The number of para-hydroxylation sites is 1. The molecule has 204 valence electrons. The third-order valence-electron chi connectivity index (χ3n) is 7.26. The second-order valence-corrected chi connectivity index (χ2v) is 12.2. The molecule has 1 aliphatic heterocycles. The molecule has 2 fully saturated rings. The smallest absolute Gasteiger partial charge is 0.266 e. The number of nitrogens with zero attached hydrogens (tertiary/aromatic N) is 1. The number of hydrogen-bond donors (Lipinski definition) is 3. The van der Waals surface area contributed by atoms with Gasteiger partial charge >= 0.3 is 0 Å². The standard InChI is InChI=1S/C27H33ClN4O5S/c28-19-13-22-24(23(14-19)30-15-18-7-3-1-4-8-18)31-25(27(29)33)26(22)38(34,35)32-11-12-36-21(16-32)17-37-20-9-5-2-6-10-20/h2,5-6,9-10,13-14,18,21,30-31H,1,3-4,7-8,11-12,15-17H2,(H2,29,33). The number of H-pyrrole nitrogens is 1. The van der Waals surface area contributed by atoms with Crippen LogP contribution in [-0.2, 0) is 14.8 Å². The number of nitrogens with two attached hydrogens (primary N) is 1. The molecule has 2 aromatic carbocycles. The molecule has 4 N–H and O–H groups in total. The summed E-state index contributed by atoms with van der Waals surface area (Å²) in [4.78, 5) is 15.3. The SMILES string of the molecule is NC(=O)c1[nH]c2c(NCC3CCCCC3)cc(Cl)cc2c1S(=O)(=O)N1CCOC(COc2ccccc2)C1. The first-order chi connectivity index (χ1) is 18.3. The molecule has 1 saturated heterocycles. The quantitative estimate of drug-likeness (QED) is 0.356. The van der Waals surface area contributed by atoms with E-state index in [2.05, 4.69) is 10.3 Å². The third kappa shape index (κ3) is 5.78. The first-order valence-corrected chi connectivity index (χ1v) is 14.8. The van der Waals surface area contributed by atoms with E-state index in [0.717, 1.165) is 19.4 Å². The fraction of sp³-hybridized carbons (Fsp3) is 0.444. The molecular formula is C27H33ClN4O5S. The first kappa shape index (κ1) is 26.8. The number of benzene rings is 2. The van der Waals surface area contributed by atoms with Crippen LogP contribution in [0.5, 0.6) is 5.75 Å². The van der Waals surface area contributed by atoms with E-state index >= 15 is 0 Å². The number of halogens is 1. The molecule has 38 heavy (non-hydrogen) atoms.